The fraction of sp³-hybridized carbons (Fsp3) is 0.950. The number of nitrogens with one attached hydrogen (secondary N) is 2. The molecule has 0 aliphatic carbocycles. The number of carbonyl (C=O) groups is 2. The first kappa shape index (κ1) is 44.9. The Bertz CT molecular complexity index is 591. The van der Waals surface area contributed by atoms with Gasteiger partial charge in [-0.1, -0.05) is 168 Å². The molecule has 2 unspecified atom stereocenters. The van der Waals surface area contributed by atoms with E-state index in [0.29, 0.717) is 25.9 Å². The van der Waals surface area contributed by atoms with Crippen molar-refractivity contribution >= 4 is 11.8 Å². The largest absolute Gasteiger partial charge is 0.396 e. The van der Waals surface area contributed by atoms with Crippen LogP contribution in [0.15, 0.2) is 0 Å². The van der Waals surface area contributed by atoms with Gasteiger partial charge in [0.15, 0.2) is 0 Å². The summed E-state index contributed by atoms with van der Waals surface area (Å²) in [6.45, 7) is 5.64. The number of aliphatic hydroxyl groups excluding tert-OH is 2. The van der Waals surface area contributed by atoms with Crippen molar-refractivity contribution in [1.29, 1.82) is 0 Å². The molecular formula is C40H80N2O4. The lowest BCUT2D eigenvalue weighted by Crippen LogP contribution is -2.39. The summed E-state index contributed by atoms with van der Waals surface area (Å²) in [4.78, 5) is 25.8. The molecule has 2 atom stereocenters. The molecule has 0 bridgehead atoms. The maximum atomic E-state index is 12.9. The molecule has 2 amide bonds. The van der Waals surface area contributed by atoms with E-state index in [4.69, 9.17) is 0 Å². The standard InChI is InChI=1S/C40H80N2O4/c1-3-5-7-9-11-13-15-17-19-21-23-25-29-37(31-27-35-43)39(45)41-33-34-42-40(46)38(32-28-36-44)30-26-24-22-20-18-16-14-12-10-8-6-4-2/h37-38,43-44H,3-36H2,1-2H3,(H,41,45)(H,42,46). The summed E-state index contributed by atoms with van der Waals surface area (Å²) < 4.78 is 0. The van der Waals surface area contributed by atoms with Gasteiger partial charge in [0.05, 0.1) is 0 Å². The molecule has 0 fully saturated rings. The SMILES string of the molecule is CCCCCCCCCCCCCCC(CCCO)C(=O)NCCNC(=O)C(CCCO)CCCCCCCCCCCCCC. The molecule has 0 heterocycles. The normalized spacial score (nSPS) is 12.7. The molecule has 274 valence electrons. The summed E-state index contributed by atoms with van der Waals surface area (Å²) >= 11 is 0. The molecule has 4 N–H and O–H groups in total. The Morgan fingerprint density at radius 3 is 0.891 bits per heavy atom. The van der Waals surface area contributed by atoms with E-state index in [1.165, 1.54) is 141 Å². The third-order valence-corrected chi connectivity index (χ3v) is 9.70. The number of amides is 2. The van der Waals surface area contributed by atoms with Crippen molar-refractivity contribution in [2.45, 2.75) is 206 Å². The molecule has 0 aliphatic rings. The number of carbonyl (C=O) groups excluding carboxylic acids is 2. The van der Waals surface area contributed by atoms with E-state index in [9.17, 15) is 19.8 Å². The van der Waals surface area contributed by atoms with Crippen LogP contribution < -0.4 is 10.6 Å². The molecule has 46 heavy (non-hydrogen) atoms. The van der Waals surface area contributed by atoms with E-state index in [2.05, 4.69) is 24.5 Å². The van der Waals surface area contributed by atoms with Crippen LogP contribution in [0.2, 0.25) is 0 Å². The monoisotopic (exact) mass is 653 g/mol. The average Bonchev–Trinajstić information content (AvgIpc) is 3.06. The Hall–Kier alpha value is -1.14. The lowest BCUT2D eigenvalue weighted by atomic mass is 9.94. The van der Waals surface area contributed by atoms with Gasteiger partial charge in [-0.05, 0) is 38.5 Å². The van der Waals surface area contributed by atoms with E-state index in [-0.39, 0.29) is 36.9 Å². The van der Waals surface area contributed by atoms with Gasteiger partial charge in [-0.15, -0.1) is 0 Å². The first-order valence-corrected chi connectivity index (χ1v) is 20.4. The minimum Gasteiger partial charge on any atom is -0.396 e. The van der Waals surface area contributed by atoms with Gasteiger partial charge in [0.25, 0.3) is 0 Å². The summed E-state index contributed by atoms with van der Waals surface area (Å²) in [5.41, 5.74) is 0. The van der Waals surface area contributed by atoms with Gasteiger partial charge in [0.1, 0.15) is 0 Å². The van der Waals surface area contributed by atoms with Crippen molar-refractivity contribution in [1.82, 2.24) is 10.6 Å². The Balaban J connectivity index is 4.12. The molecule has 0 aromatic carbocycles. The lowest BCUT2D eigenvalue weighted by Gasteiger charge is -2.18. The zero-order chi connectivity index (χ0) is 33.8. The predicted molar refractivity (Wildman–Crippen MR) is 197 cm³/mol. The summed E-state index contributed by atoms with van der Waals surface area (Å²) in [6, 6.07) is 0. The van der Waals surface area contributed by atoms with Gasteiger partial charge in [-0.2, -0.15) is 0 Å². The molecule has 0 saturated heterocycles. The molecular weight excluding hydrogens is 572 g/mol. The van der Waals surface area contributed by atoms with Crippen LogP contribution in [-0.4, -0.2) is 48.3 Å². The van der Waals surface area contributed by atoms with E-state index in [0.717, 1.165) is 38.5 Å². The van der Waals surface area contributed by atoms with Crippen LogP contribution in [0.25, 0.3) is 0 Å². The van der Waals surface area contributed by atoms with Gasteiger partial charge >= 0.3 is 0 Å². The summed E-state index contributed by atoms with van der Waals surface area (Å²) in [7, 11) is 0. The van der Waals surface area contributed by atoms with Gasteiger partial charge < -0.3 is 20.8 Å². The lowest BCUT2D eigenvalue weighted by molar-refractivity contribution is -0.127. The Morgan fingerprint density at radius 2 is 0.630 bits per heavy atom. The van der Waals surface area contributed by atoms with E-state index < -0.39 is 0 Å². The molecule has 0 aromatic heterocycles. The van der Waals surface area contributed by atoms with E-state index in [1.54, 1.807) is 0 Å². The molecule has 0 aliphatic heterocycles. The number of hydrogen-bond acceptors (Lipinski definition) is 4. The van der Waals surface area contributed by atoms with Gasteiger partial charge in [0, 0.05) is 38.1 Å². The van der Waals surface area contributed by atoms with Crippen LogP contribution in [0, 0.1) is 11.8 Å². The Morgan fingerprint density at radius 1 is 0.391 bits per heavy atom. The maximum Gasteiger partial charge on any atom is 0.223 e. The number of rotatable bonds is 37. The zero-order valence-electron chi connectivity index (χ0n) is 30.9. The van der Waals surface area contributed by atoms with Crippen LogP contribution in [0.4, 0.5) is 0 Å². The maximum absolute atomic E-state index is 12.9. The quantitative estimate of drug-likeness (QED) is 0.0502. The molecule has 0 rings (SSSR count). The van der Waals surface area contributed by atoms with Crippen molar-refractivity contribution < 1.29 is 19.8 Å². The highest BCUT2D eigenvalue weighted by Crippen LogP contribution is 2.20. The number of aliphatic hydroxyl groups is 2. The number of unbranched alkanes of at least 4 members (excludes halogenated alkanes) is 22. The second-order valence-corrected chi connectivity index (χ2v) is 14.1. The molecule has 6 heteroatoms. The predicted octanol–water partition coefficient (Wildman–Crippen LogP) is 10.2. The van der Waals surface area contributed by atoms with Crippen molar-refractivity contribution in [2.75, 3.05) is 26.3 Å². The second kappa shape index (κ2) is 36.7. The Labute approximate surface area is 286 Å². The zero-order valence-corrected chi connectivity index (χ0v) is 30.9. The fourth-order valence-corrected chi connectivity index (χ4v) is 6.61. The summed E-state index contributed by atoms with van der Waals surface area (Å²) in [5, 5.41) is 24.7. The highest BCUT2D eigenvalue weighted by molar-refractivity contribution is 5.79. The van der Waals surface area contributed by atoms with Crippen LogP contribution in [0.1, 0.15) is 206 Å². The van der Waals surface area contributed by atoms with Crippen molar-refractivity contribution in [3.63, 3.8) is 0 Å². The third kappa shape index (κ3) is 30.2. The molecule has 0 aromatic rings. The van der Waals surface area contributed by atoms with Crippen LogP contribution in [0.5, 0.6) is 0 Å². The summed E-state index contributed by atoms with van der Waals surface area (Å²) in [6.07, 6.45) is 35.8. The first-order chi connectivity index (χ1) is 22.6. The average molecular weight is 653 g/mol. The van der Waals surface area contributed by atoms with Crippen molar-refractivity contribution in [3.8, 4) is 0 Å². The smallest absolute Gasteiger partial charge is 0.223 e. The Kier molecular flexibility index (Phi) is 35.8. The van der Waals surface area contributed by atoms with Gasteiger partial charge in [0.2, 0.25) is 11.8 Å². The third-order valence-electron chi connectivity index (χ3n) is 9.70. The van der Waals surface area contributed by atoms with Gasteiger partial charge in [-0.25, -0.2) is 0 Å². The van der Waals surface area contributed by atoms with Crippen LogP contribution >= 0.6 is 0 Å². The molecule has 6 nitrogen and oxygen atoms in total. The topological polar surface area (TPSA) is 98.7 Å². The summed E-state index contributed by atoms with van der Waals surface area (Å²) in [5.74, 6) is -0.0127. The van der Waals surface area contributed by atoms with Gasteiger partial charge in [-0.3, -0.25) is 9.59 Å². The van der Waals surface area contributed by atoms with Crippen LogP contribution in [-0.2, 0) is 9.59 Å². The first-order valence-electron chi connectivity index (χ1n) is 20.4. The molecule has 0 radical (unpaired) electrons. The minimum absolute atomic E-state index is 0.0547. The fourth-order valence-electron chi connectivity index (χ4n) is 6.61. The minimum atomic E-state index is -0.0610. The number of hydrogen-bond donors (Lipinski definition) is 4. The van der Waals surface area contributed by atoms with Crippen LogP contribution in [0.3, 0.4) is 0 Å². The molecule has 0 spiro atoms. The van der Waals surface area contributed by atoms with Crippen molar-refractivity contribution in [2.24, 2.45) is 11.8 Å². The van der Waals surface area contributed by atoms with E-state index in [1.807, 2.05) is 0 Å². The highest BCUT2D eigenvalue weighted by atomic mass is 16.3. The van der Waals surface area contributed by atoms with E-state index >= 15 is 0 Å². The molecule has 0 saturated carbocycles. The second-order valence-electron chi connectivity index (χ2n) is 14.1. The van der Waals surface area contributed by atoms with Crippen molar-refractivity contribution in [3.05, 3.63) is 0 Å². The highest BCUT2D eigenvalue weighted by Gasteiger charge is 2.19.